The van der Waals surface area contributed by atoms with Crippen LogP contribution in [0.15, 0.2) is 36.8 Å². The van der Waals surface area contributed by atoms with E-state index in [1.165, 1.54) is 24.1 Å². The molecule has 0 N–H and O–H groups in total. The molecule has 158 valence electrons. The molecule has 5 heterocycles. The number of fused-ring (bicyclic) bond motifs is 2. The molecule has 0 atom stereocenters. The van der Waals surface area contributed by atoms with Crippen LogP contribution < -0.4 is 4.90 Å². The number of hydrogen-bond acceptors (Lipinski definition) is 5. The van der Waals surface area contributed by atoms with Crippen molar-refractivity contribution in [3.63, 3.8) is 0 Å². The minimum absolute atomic E-state index is 0.367. The summed E-state index contributed by atoms with van der Waals surface area (Å²) in [7, 11) is 1.97. The van der Waals surface area contributed by atoms with E-state index in [9.17, 15) is 0 Å². The summed E-state index contributed by atoms with van der Waals surface area (Å²) in [6.45, 7) is 6.21. The highest BCUT2D eigenvalue weighted by Crippen LogP contribution is 2.45. The Kier molecular flexibility index (Phi) is 3.97. The lowest BCUT2D eigenvalue weighted by atomic mass is 9.76. The Labute approximate surface area is 181 Å². The molecule has 0 amide bonds. The van der Waals surface area contributed by atoms with Crippen LogP contribution in [0, 0.1) is 19.3 Å². The van der Waals surface area contributed by atoms with Crippen molar-refractivity contribution >= 4 is 11.3 Å². The van der Waals surface area contributed by atoms with Gasteiger partial charge >= 0.3 is 0 Å². The van der Waals surface area contributed by atoms with Crippen molar-refractivity contribution in [3.8, 4) is 11.3 Å². The Balaban J connectivity index is 1.33. The van der Waals surface area contributed by atoms with E-state index < -0.39 is 0 Å². The topological polar surface area (TPSA) is 64.1 Å². The summed E-state index contributed by atoms with van der Waals surface area (Å²) >= 11 is 0. The largest absolute Gasteiger partial charge is 0.355 e. The van der Waals surface area contributed by atoms with E-state index in [1.54, 1.807) is 0 Å². The van der Waals surface area contributed by atoms with Crippen LogP contribution in [-0.2, 0) is 19.9 Å². The number of hydrogen-bond donors (Lipinski definition) is 0. The van der Waals surface area contributed by atoms with Gasteiger partial charge in [0.25, 0.3) is 0 Å². The Morgan fingerprint density at radius 2 is 1.84 bits per heavy atom. The number of piperidine rings is 1. The van der Waals surface area contributed by atoms with E-state index in [0.717, 1.165) is 59.9 Å². The van der Waals surface area contributed by atoms with E-state index in [1.807, 2.05) is 34.8 Å². The standard InChI is InChI=1S/C24H27N7/c1-16-22(19-15-27-29(3)17(19)2)31-21(6-10-26-31)23(28-16)30-11-7-24(8-12-30)13-18-5-4-9-25-20(18)14-24/h4-6,9-10,15H,7-8,11-14H2,1-3H3. The van der Waals surface area contributed by atoms with Crippen LogP contribution in [0.1, 0.15) is 35.5 Å². The minimum Gasteiger partial charge on any atom is -0.355 e. The molecule has 1 aliphatic heterocycles. The van der Waals surface area contributed by atoms with Gasteiger partial charge in [-0.1, -0.05) is 6.07 Å². The van der Waals surface area contributed by atoms with Gasteiger partial charge in [-0.2, -0.15) is 10.2 Å². The maximum absolute atomic E-state index is 5.09. The molecule has 1 fully saturated rings. The van der Waals surface area contributed by atoms with Crippen LogP contribution in [-0.4, -0.2) is 42.5 Å². The number of rotatable bonds is 2. The molecule has 0 radical (unpaired) electrons. The van der Waals surface area contributed by atoms with Crippen molar-refractivity contribution < 1.29 is 0 Å². The molecule has 0 bridgehead atoms. The molecule has 4 aromatic rings. The van der Waals surface area contributed by atoms with E-state index in [2.05, 4.69) is 52.1 Å². The maximum atomic E-state index is 5.09. The van der Waals surface area contributed by atoms with Crippen molar-refractivity contribution in [2.45, 2.75) is 39.5 Å². The Morgan fingerprint density at radius 1 is 1.00 bits per heavy atom. The Bertz CT molecular complexity index is 1260. The van der Waals surface area contributed by atoms with Gasteiger partial charge in [0.15, 0.2) is 5.82 Å². The molecular weight excluding hydrogens is 386 g/mol. The predicted molar refractivity (Wildman–Crippen MR) is 120 cm³/mol. The highest BCUT2D eigenvalue weighted by atomic mass is 15.3. The zero-order valence-electron chi connectivity index (χ0n) is 18.3. The molecule has 6 rings (SSSR count). The predicted octanol–water partition coefficient (Wildman–Crippen LogP) is 3.53. The summed E-state index contributed by atoms with van der Waals surface area (Å²) in [4.78, 5) is 12.2. The number of aromatic nitrogens is 6. The van der Waals surface area contributed by atoms with Crippen LogP contribution >= 0.6 is 0 Å². The average Bonchev–Trinajstić information content (AvgIpc) is 3.47. The van der Waals surface area contributed by atoms with Crippen LogP contribution in [0.2, 0.25) is 0 Å². The molecule has 7 nitrogen and oxygen atoms in total. The fourth-order valence-corrected chi connectivity index (χ4v) is 5.51. The van der Waals surface area contributed by atoms with E-state index in [0.29, 0.717) is 5.41 Å². The molecule has 1 spiro atoms. The number of anilines is 1. The van der Waals surface area contributed by atoms with Gasteiger partial charge in [-0.3, -0.25) is 9.67 Å². The quantitative estimate of drug-likeness (QED) is 0.503. The molecular formula is C24H27N7. The zero-order chi connectivity index (χ0) is 21.2. The second-order valence-corrected chi connectivity index (χ2v) is 9.21. The van der Waals surface area contributed by atoms with E-state index in [-0.39, 0.29) is 0 Å². The lowest BCUT2D eigenvalue weighted by Gasteiger charge is -2.40. The molecule has 0 saturated carbocycles. The summed E-state index contributed by atoms with van der Waals surface area (Å²) in [5, 5.41) is 9.09. The lowest BCUT2D eigenvalue weighted by Crippen LogP contribution is -2.41. The van der Waals surface area contributed by atoms with Crippen LogP contribution in [0.5, 0.6) is 0 Å². The third kappa shape index (κ3) is 2.79. The SMILES string of the molecule is Cc1nc(N2CCC3(CC2)Cc2cccnc2C3)c2ccnn2c1-c1cnn(C)c1C. The summed E-state index contributed by atoms with van der Waals surface area (Å²) in [6, 6.07) is 6.40. The first-order valence-corrected chi connectivity index (χ1v) is 11.1. The van der Waals surface area contributed by atoms with Crippen LogP contribution in [0.4, 0.5) is 5.82 Å². The van der Waals surface area contributed by atoms with Gasteiger partial charge in [0, 0.05) is 43.3 Å². The van der Waals surface area contributed by atoms with Gasteiger partial charge in [-0.05, 0) is 62.6 Å². The smallest absolute Gasteiger partial charge is 0.155 e. The highest BCUT2D eigenvalue weighted by Gasteiger charge is 2.41. The van der Waals surface area contributed by atoms with Gasteiger partial charge in [-0.15, -0.1) is 0 Å². The van der Waals surface area contributed by atoms with Crippen molar-refractivity contribution in [3.05, 3.63) is 59.4 Å². The van der Waals surface area contributed by atoms with E-state index >= 15 is 0 Å². The van der Waals surface area contributed by atoms with Crippen LogP contribution in [0.3, 0.4) is 0 Å². The number of pyridine rings is 1. The minimum atomic E-state index is 0.367. The van der Waals surface area contributed by atoms with Gasteiger partial charge < -0.3 is 4.90 Å². The third-order valence-corrected chi connectivity index (χ3v) is 7.41. The Morgan fingerprint density at radius 3 is 2.58 bits per heavy atom. The van der Waals surface area contributed by atoms with Gasteiger partial charge in [-0.25, -0.2) is 9.50 Å². The average molecular weight is 414 g/mol. The molecule has 7 heteroatoms. The Hall–Kier alpha value is -3.22. The molecule has 4 aromatic heterocycles. The first-order chi connectivity index (χ1) is 15.0. The normalized spacial score (nSPS) is 17.6. The summed E-state index contributed by atoms with van der Waals surface area (Å²) < 4.78 is 3.94. The van der Waals surface area contributed by atoms with Crippen molar-refractivity contribution in [2.75, 3.05) is 18.0 Å². The summed E-state index contributed by atoms with van der Waals surface area (Å²) in [5.74, 6) is 1.05. The highest BCUT2D eigenvalue weighted by molar-refractivity contribution is 5.76. The maximum Gasteiger partial charge on any atom is 0.155 e. The molecule has 2 aliphatic rings. The van der Waals surface area contributed by atoms with Gasteiger partial charge in [0.1, 0.15) is 5.52 Å². The summed E-state index contributed by atoms with van der Waals surface area (Å²) in [5.41, 5.74) is 8.39. The van der Waals surface area contributed by atoms with E-state index in [4.69, 9.17) is 4.98 Å². The van der Waals surface area contributed by atoms with Gasteiger partial charge in [0.05, 0.1) is 23.8 Å². The van der Waals surface area contributed by atoms with Crippen LogP contribution in [0.25, 0.3) is 16.8 Å². The monoisotopic (exact) mass is 413 g/mol. The fraction of sp³-hybridized carbons (Fsp3) is 0.417. The van der Waals surface area contributed by atoms with Gasteiger partial charge in [0.2, 0.25) is 0 Å². The number of nitrogens with zero attached hydrogens (tertiary/aromatic N) is 7. The molecule has 1 aliphatic carbocycles. The second-order valence-electron chi connectivity index (χ2n) is 9.21. The van der Waals surface area contributed by atoms with Crippen molar-refractivity contribution in [2.24, 2.45) is 12.5 Å². The first kappa shape index (κ1) is 18.5. The molecule has 1 saturated heterocycles. The molecule has 0 aromatic carbocycles. The summed E-state index contributed by atoms with van der Waals surface area (Å²) in [6.07, 6.45) is 10.3. The first-order valence-electron chi connectivity index (χ1n) is 11.1. The second kappa shape index (κ2) is 6.64. The van der Waals surface area contributed by atoms with Crippen molar-refractivity contribution in [1.29, 1.82) is 0 Å². The lowest BCUT2D eigenvalue weighted by molar-refractivity contribution is 0.231. The third-order valence-electron chi connectivity index (χ3n) is 7.41. The fourth-order valence-electron chi connectivity index (χ4n) is 5.51. The molecule has 31 heavy (non-hydrogen) atoms. The molecule has 0 unspecified atom stereocenters. The zero-order valence-corrected chi connectivity index (χ0v) is 18.3. The van der Waals surface area contributed by atoms with Crippen molar-refractivity contribution in [1.82, 2.24) is 29.4 Å². The number of aryl methyl sites for hydroxylation is 2.